The molecule has 0 aromatic heterocycles. The molecule has 2 aromatic rings. The molecule has 1 N–H and O–H groups in total. The van der Waals surface area contributed by atoms with Crippen molar-refractivity contribution in [1.29, 1.82) is 0 Å². The number of anilines is 1. The number of benzene rings is 2. The third-order valence-electron chi connectivity index (χ3n) is 2.63. The summed E-state index contributed by atoms with van der Waals surface area (Å²) in [6.07, 6.45) is 0. The number of amides is 1. The van der Waals surface area contributed by atoms with Crippen LogP contribution in [0.4, 0.5) is 5.69 Å². The standard InChI is InChI=1S/C14H10BrCl2NO/c1-8-4-2-7-11(13(8)15)18-14(19)12-9(16)5-3-6-10(12)17/h2-7H,1H3,(H,18,19). The first kappa shape index (κ1) is 14.4. The summed E-state index contributed by atoms with van der Waals surface area (Å²) in [6.45, 7) is 1.95. The molecule has 2 aromatic carbocycles. The lowest BCUT2D eigenvalue weighted by atomic mass is 10.2. The third-order valence-corrected chi connectivity index (χ3v) is 4.31. The summed E-state index contributed by atoms with van der Waals surface area (Å²) in [5.41, 5.74) is 1.99. The normalized spacial score (nSPS) is 10.3. The molecule has 0 unspecified atom stereocenters. The zero-order valence-electron chi connectivity index (χ0n) is 10.0. The van der Waals surface area contributed by atoms with Crippen LogP contribution in [0, 0.1) is 6.92 Å². The SMILES string of the molecule is Cc1cccc(NC(=O)c2c(Cl)cccc2Cl)c1Br. The topological polar surface area (TPSA) is 29.1 Å². The van der Waals surface area contributed by atoms with Gasteiger partial charge in [0.25, 0.3) is 5.91 Å². The van der Waals surface area contributed by atoms with E-state index in [0.717, 1.165) is 10.0 Å². The van der Waals surface area contributed by atoms with Crippen LogP contribution in [0.25, 0.3) is 0 Å². The second kappa shape index (κ2) is 5.95. The van der Waals surface area contributed by atoms with E-state index in [1.807, 2.05) is 19.1 Å². The molecule has 0 saturated carbocycles. The van der Waals surface area contributed by atoms with Crippen LogP contribution >= 0.6 is 39.1 Å². The molecule has 0 spiro atoms. The minimum atomic E-state index is -0.332. The van der Waals surface area contributed by atoms with E-state index in [4.69, 9.17) is 23.2 Å². The third kappa shape index (κ3) is 3.11. The Balaban J connectivity index is 2.34. The summed E-state index contributed by atoms with van der Waals surface area (Å²) >= 11 is 15.4. The molecule has 2 nitrogen and oxygen atoms in total. The van der Waals surface area contributed by atoms with Crippen LogP contribution < -0.4 is 5.32 Å². The maximum absolute atomic E-state index is 12.2. The van der Waals surface area contributed by atoms with E-state index in [1.54, 1.807) is 24.3 Å². The molecule has 5 heteroatoms. The number of hydrogen-bond donors (Lipinski definition) is 1. The van der Waals surface area contributed by atoms with E-state index in [1.165, 1.54) is 0 Å². The van der Waals surface area contributed by atoms with Crippen LogP contribution in [0.2, 0.25) is 10.0 Å². The lowest BCUT2D eigenvalue weighted by Crippen LogP contribution is -2.13. The van der Waals surface area contributed by atoms with E-state index in [2.05, 4.69) is 21.2 Å². The van der Waals surface area contributed by atoms with Crippen molar-refractivity contribution in [2.45, 2.75) is 6.92 Å². The van der Waals surface area contributed by atoms with Crippen molar-refractivity contribution in [2.24, 2.45) is 0 Å². The highest BCUT2D eigenvalue weighted by atomic mass is 79.9. The zero-order valence-corrected chi connectivity index (χ0v) is 13.1. The Morgan fingerprint density at radius 2 is 1.68 bits per heavy atom. The molecule has 0 aliphatic carbocycles. The van der Waals surface area contributed by atoms with Crippen molar-refractivity contribution >= 4 is 50.7 Å². The number of carbonyl (C=O) groups is 1. The lowest BCUT2D eigenvalue weighted by molar-refractivity contribution is 0.102. The van der Waals surface area contributed by atoms with Gasteiger partial charge in [0.2, 0.25) is 0 Å². The molecular weight excluding hydrogens is 349 g/mol. The van der Waals surface area contributed by atoms with E-state index in [-0.39, 0.29) is 11.5 Å². The van der Waals surface area contributed by atoms with E-state index in [0.29, 0.717) is 15.7 Å². The van der Waals surface area contributed by atoms with Gasteiger partial charge in [-0.2, -0.15) is 0 Å². The van der Waals surface area contributed by atoms with Crippen LogP contribution in [-0.2, 0) is 0 Å². The van der Waals surface area contributed by atoms with Crippen molar-refractivity contribution in [3.63, 3.8) is 0 Å². The molecule has 0 aliphatic heterocycles. The molecule has 0 atom stereocenters. The summed E-state index contributed by atoms with van der Waals surface area (Å²) in [6, 6.07) is 10.6. The van der Waals surface area contributed by atoms with Crippen LogP contribution in [0.3, 0.4) is 0 Å². The Hall–Kier alpha value is -1.03. The number of rotatable bonds is 2. The highest BCUT2D eigenvalue weighted by molar-refractivity contribution is 9.10. The second-order valence-corrected chi connectivity index (χ2v) is 5.59. The maximum Gasteiger partial charge on any atom is 0.258 e. The Morgan fingerprint density at radius 3 is 2.32 bits per heavy atom. The smallest absolute Gasteiger partial charge is 0.258 e. The number of nitrogens with one attached hydrogen (secondary N) is 1. The fraction of sp³-hybridized carbons (Fsp3) is 0.0714. The predicted molar refractivity (Wildman–Crippen MR) is 83.3 cm³/mol. The van der Waals surface area contributed by atoms with Gasteiger partial charge in [-0.15, -0.1) is 0 Å². The molecule has 19 heavy (non-hydrogen) atoms. The molecule has 0 saturated heterocycles. The Labute approximate surface area is 129 Å². The Bertz CT molecular complexity index is 623. The van der Waals surface area contributed by atoms with Gasteiger partial charge in [-0.05, 0) is 46.6 Å². The van der Waals surface area contributed by atoms with Crippen molar-refractivity contribution in [3.8, 4) is 0 Å². The Kier molecular flexibility index (Phi) is 4.50. The number of hydrogen-bond acceptors (Lipinski definition) is 1. The number of halogens is 3. The van der Waals surface area contributed by atoms with Gasteiger partial charge in [-0.25, -0.2) is 0 Å². The van der Waals surface area contributed by atoms with E-state index >= 15 is 0 Å². The first-order valence-electron chi connectivity index (χ1n) is 5.51. The van der Waals surface area contributed by atoms with Gasteiger partial charge in [0.15, 0.2) is 0 Å². The molecule has 98 valence electrons. The fourth-order valence-electron chi connectivity index (χ4n) is 1.64. The van der Waals surface area contributed by atoms with Crippen LogP contribution in [0.5, 0.6) is 0 Å². The van der Waals surface area contributed by atoms with Gasteiger partial charge < -0.3 is 5.32 Å². The van der Waals surface area contributed by atoms with Gasteiger partial charge in [-0.1, -0.05) is 41.4 Å². The molecule has 1 amide bonds. The summed E-state index contributed by atoms with van der Waals surface area (Å²) in [7, 11) is 0. The molecular formula is C14H10BrCl2NO. The van der Waals surface area contributed by atoms with Crippen molar-refractivity contribution < 1.29 is 4.79 Å². The van der Waals surface area contributed by atoms with Gasteiger partial charge in [0, 0.05) is 4.47 Å². The largest absolute Gasteiger partial charge is 0.321 e. The van der Waals surface area contributed by atoms with Crippen molar-refractivity contribution in [1.82, 2.24) is 0 Å². The number of carbonyl (C=O) groups excluding carboxylic acids is 1. The van der Waals surface area contributed by atoms with Gasteiger partial charge in [-0.3, -0.25) is 4.79 Å². The zero-order chi connectivity index (χ0) is 14.0. The minimum Gasteiger partial charge on any atom is -0.321 e. The molecule has 2 rings (SSSR count). The minimum absolute atomic E-state index is 0.277. The van der Waals surface area contributed by atoms with Gasteiger partial charge >= 0.3 is 0 Å². The summed E-state index contributed by atoms with van der Waals surface area (Å²) in [5.74, 6) is -0.332. The quantitative estimate of drug-likeness (QED) is 0.773. The summed E-state index contributed by atoms with van der Waals surface area (Å²) < 4.78 is 0.839. The average Bonchev–Trinajstić information content (AvgIpc) is 2.35. The van der Waals surface area contributed by atoms with Gasteiger partial charge in [0.05, 0.1) is 21.3 Å². The molecule has 0 aliphatic rings. The molecule has 0 radical (unpaired) electrons. The van der Waals surface area contributed by atoms with E-state index < -0.39 is 0 Å². The Morgan fingerprint density at radius 1 is 1.11 bits per heavy atom. The van der Waals surface area contributed by atoms with Crippen molar-refractivity contribution in [3.05, 3.63) is 62.0 Å². The van der Waals surface area contributed by atoms with Crippen LogP contribution in [0.15, 0.2) is 40.9 Å². The monoisotopic (exact) mass is 357 g/mol. The van der Waals surface area contributed by atoms with Gasteiger partial charge in [0.1, 0.15) is 0 Å². The first-order chi connectivity index (χ1) is 9.00. The predicted octanol–water partition coefficient (Wildman–Crippen LogP) is 5.32. The average molecular weight is 359 g/mol. The van der Waals surface area contributed by atoms with Crippen molar-refractivity contribution in [2.75, 3.05) is 5.32 Å². The van der Waals surface area contributed by atoms with Crippen LogP contribution in [-0.4, -0.2) is 5.91 Å². The lowest BCUT2D eigenvalue weighted by Gasteiger charge is -2.11. The molecule has 0 bridgehead atoms. The molecule has 0 fully saturated rings. The van der Waals surface area contributed by atoms with Crippen LogP contribution in [0.1, 0.15) is 15.9 Å². The fourth-order valence-corrected chi connectivity index (χ4v) is 2.58. The molecule has 0 heterocycles. The second-order valence-electron chi connectivity index (χ2n) is 3.99. The highest BCUT2D eigenvalue weighted by Gasteiger charge is 2.15. The summed E-state index contributed by atoms with van der Waals surface area (Å²) in [5, 5.41) is 3.45. The van der Waals surface area contributed by atoms with E-state index in [9.17, 15) is 4.79 Å². The summed E-state index contributed by atoms with van der Waals surface area (Å²) in [4.78, 5) is 12.2. The maximum atomic E-state index is 12.2. The first-order valence-corrected chi connectivity index (χ1v) is 7.06. The number of aryl methyl sites for hydroxylation is 1. The highest BCUT2D eigenvalue weighted by Crippen LogP contribution is 2.29.